The predicted molar refractivity (Wildman–Crippen MR) is 92.2 cm³/mol. The second-order valence-electron chi connectivity index (χ2n) is 5.07. The molecule has 0 bridgehead atoms. The molecular formula is C18H15NO3S. The summed E-state index contributed by atoms with van der Waals surface area (Å²) in [6, 6.07) is 14.5. The fraction of sp³-hybridized carbons (Fsp3) is 0.111. The molecule has 0 aliphatic carbocycles. The van der Waals surface area contributed by atoms with Crippen molar-refractivity contribution in [1.29, 1.82) is 0 Å². The van der Waals surface area contributed by atoms with E-state index in [4.69, 9.17) is 4.42 Å². The third-order valence-electron chi connectivity index (χ3n) is 3.42. The highest BCUT2D eigenvalue weighted by atomic mass is 32.2. The minimum absolute atomic E-state index is 0.173. The Balaban J connectivity index is 1.99. The molecule has 1 N–H and O–H groups in total. The first-order valence-corrected chi connectivity index (χ1v) is 8.30. The third-order valence-corrected chi connectivity index (χ3v) is 4.22. The van der Waals surface area contributed by atoms with E-state index in [1.807, 2.05) is 36.6 Å². The molecule has 0 radical (unpaired) electrons. The number of para-hydroxylation sites is 1. The Morgan fingerprint density at radius 3 is 2.57 bits per heavy atom. The van der Waals surface area contributed by atoms with Crippen LogP contribution in [0.25, 0.3) is 11.0 Å². The second kappa shape index (κ2) is 6.30. The van der Waals surface area contributed by atoms with Crippen LogP contribution in [0.5, 0.6) is 0 Å². The van der Waals surface area contributed by atoms with Gasteiger partial charge in [-0.05, 0) is 36.6 Å². The lowest BCUT2D eigenvalue weighted by Crippen LogP contribution is -2.08. The number of fused-ring (bicyclic) bond motifs is 1. The average molecular weight is 325 g/mol. The summed E-state index contributed by atoms with van der Waals surface area (Å²) in [6.45, 7) is 1.44. The molecule has 3 aromatic rings. The molecule has 0 atom stereocenters. The molecule has 116 valence electrons. The van der Waals surface area contributed by atoms with E-state index in [0.717, 1.165) is 10.3 Å². The molecule has 2 aromatic carbocycles. The number of hydrogen-bond donors (Lipinski definition) is 1. The van der Waals surface area contributed by atoms with E-state index in [1.165, 1.54) is 18.7 Å². The predicted octanol–water partition coefficient (Wildman–Crippen LogP) is 4.34. The summed E-state index contributed by atoms with van der Waals surface area (Å²) in [6.07, 6.45) is 1.92. The molecule has 5 heteroatoms. The highest BCUT2D eigenvalue weighted by Crippen LogP contribution is 2.28. The quantitative estimate of drug-likeness (QED) is 0.572. The lowest BCUT2D eigenvalue weighted by molar-refractivity contribution is -0.114. The Hall–Kier alpha value is -2.53. The Morgan fingerprint density at radius 1 is 1.09 bits per heavy atom. The van der Waals surface area contributed by atoms with Crippen LogP contribution in [0.1, 0.15) is 23.0 Å². The molecule has 3 rings (SSSR count). The fourth-order valence-electron chi connectivity index (χ4n) is 2.37. The molecular weight excluding hydrogens is 310 g/mol. The molecule has 0 saturated heterocycles. The zero-order valence-corrected chi connectivity index (χ0v) is 13.6. The van der Waals surface area contributed by atoms with Gasteiger partial charge in [0, 0.05) is 22.8 Å². The van der Waals surface area contributed by atoms with Crippen LogP contribution in [-0.2, 0) is 4.79 Å². The first-order valence-electron chi connectivity index (χ1n) is 7.07. The van der Waals surface area contributed by atoms with Crippen LogP contribution < -0.4 is 5.32 Å². The number of thioether (sulfide) groups is 1. The van der Waals surface area contributed by atoms with Crippen LogP contribution >= 0.6 is 11.8 Å². The Morgan fingerprint density at radius 2 is 1.87 bits per heavy atom. The van der Waals surface area contributed by atoms with Crippen molar-refractivity contribution >= 4 is 40.1 Å². The number of anilines is 1. The zero-order chi connectivity index (χ0) is 16.4. The molecule has 0 fully saturated rings. The third kappa shape index (κ3) is 3.14. The Bertz CT molecular complexity index is 865. The van der Waals surface area contributed by atoms with Gasteiger partial charge < -0.3 is 9.73 Å². The number of carbonyl (C=O) groups excluding carboxylic acids is 2. The SMILES string of the molecule is CSc1ccc(C(=O)c2cc3ccccc3o2)cc1NC(C)=O. The fourth-order valence-corrected chi connectivity index (χ4v) is 2.91. The molecule has 1 amide bonds. The summed E-state index contributed by atoms with van der Waals surface area (Å²) in [5, 5.41) is 3.64. The standard InChI is InChI=1S/C18H15NO3S/c1-11(20)19-14-9-13(7-8-17(14)23-2)18(21)16-10-12-5-3-4-6-15(12)22-16/h3-10H,1-2H3,(H,19,20). The van der Waals surface area contributed by atoms with Gasteiger partial charge in [-0.3, -0.25) is 9.59 Å². The molecule has 0 aliphatic heterocycles. The van der Waals surface area contributed by atoms with Crippen LogP contribution in [-0.4, -0.2) is 17.9 Å². The number of furan rings is 1. The second-order valence-corrected chi connectivity index (χ2v) is 5.92. The first-order chi connectivity index (χ1) is 11.1. The summed E-state index contributed by atoms with van der Waals surface area (Å²) < 4.78 is 5.62. The maximum absolute atomic E-state index is 12.6. The van der Waals surface area contributed by atoms with Crippen molar-refractivity contribution in [1.82, 2.24) is 0 Å². The van der Waals surface area contributed by atoms with Crippen LogP contribution in [0, 0.1) is 0 Å². The van der Waals surface area contributed by atoms with Crippen molar-refractivity contribution in [3.8, 4) is 0 Å². The number of carbonyl (C=O) groups is 2. The molecule has 0 unspecified atom stereocenters. The maximum Gasteiger partial charge on any atom is 0.228 e. The maximum atomic E-state index is 12.6. The van der Waals surface area contributed by atoms with Crippen molar-refractivity contribution < 1.29 is 14.0 Å². The largest absolute Gasteiger partial charge is 0.453 e. The minimum atomic E-state index is -0.208. The highest BCUT2D eigenvalue weighted by Gasteiger charge is 2.16. The van der Waals surface area contributed by atoms with Gasteiger partial charge >= 0.3 is 0 Å². The van der Waals surface area contributed by atoms with Crippen molar-refractivity contribution in [2.45, 2.75) is 11.8 Å². The van der Waals surface area contributed by atoms with Gasteiger partial charge in [0.05, 0.1) is 5.69 Å². The summed E-state index contributed by atoms with van der Waals surface area (Å²) in [7, 11) is 0. The van der Waals surface area contributed by atoms with Gasteiger partial charge in [-0.1, -0.05) is 18.2 Å². The molecule has 1 aromatic heterocycles. The lowest BCUT2D eigenvalue weighted by Gasteiger charge is -2.09. The van der Waals surface area contributed by atoms with Crippen molar-refractivity contribution in [3.05, 3.63) is 59.9 Å². The van der Waals surface area contributed by atoms with E-state index in [1.54, 1.807) is 18.2 Å². The number of hydrogen-bond acceptors (Lipinski definition) is 4. The number of amides is 1. The van der Waals surface area contributed by atoms with Gasteiger partial charge in [-0.15, -0.1) is 11.8 Å². The van der Waals surface area contributed by atoms with E-state index >= 15 is 0 Å². The van der Waals surface area contributed by atoms with Crippen LogP contribution in [0.3, 0.4) is 0 Å². The molecule has 0 spiro atoms. The van der Waals surface area contributed by atoms with Gasteiger partial charge in [0.15, 0.2) is 5.76 Å². The summed E-state index contributed by atoms with van der Waals surface area (Å²) in [5.74, 6) is -0.0917. The van der Waals surface area contributed by atoms with E-state index in [9.17, 15) is 9.59 Å². The van der Waals surface area contributed by atoms with Crippen LogP contribution in [0.4, 0.5) is 5.69 Å². The van der Waals surface area contributed by atoms with E-state index in [-0.39, 0.29) is 17.5 Å². The lowest BCUT2D eigenvalue weighted by atomic mass is 10.1. The van der Waals surface area contributed by atoms with Gasteiger partial charge in [-0.2, -0.15) is 0 Å². The van der Waals surface area contributed by atoms with Crippen molar-refractivity contribution in [2.24, 2.45) is 0 Å². The smallest absolute Gasteiger partial charge is 0.228 e. The van der Waals surface area contributed by atoms with Crippen molar-refractivity contribution in [3.63, 3.8) is 0 Å². The van der Waals surface area contributed by atoms with Gasteiger partial charge in [0.2, 0.25) is 11.7 Å². The summed E-state index contributed by atoms with van der Waals surface area (Å²) in [4.78, 5) is 24.9. The Kier molecular flexibility index (Phi) is 4.21. The zero-order valence-electron chi connectivity index (χ0n) is 12.8. The normalized spacial score (nSPS) is 10.7. The van der Waals surface area contributed by atoms with Crippen LogP contribution in [0.15, 0.2) is 57.8 Å². The topological polar surface area (TPSA) is 59.3 Å². The Labute approximate surface area is 137 Å². The highest BCUT2D eigenvalue weighted by molar-refractivity contribution is 7.98. The van der Waals surface area contributed by atoms with Crippen LogP contribution in [0.2, 0.25) is 0 Å². The molecule has 1 heterocycles. The van der Waals surface area contributed by atoms with Crippen molar-refractivity contribution in [2.75, 3.05) is 11.6 Å². The summed E-state index contributed by atoms with van der Waals surface area (Å²) >= 11 is 1.51. The molecule has 4 nitrogen and oxygen atoms in total. The van der Waals surface area contributed by atoms with Gasteiger partial charge in [0.1, 0.15) is 5.58 Å². The number of rotatable bonds is 4. The number of benzene rings is 2. The summed E-state index contributed by atoms with van der Waals surface area (Å²) in [5.41, 5.74) is 1.79. The molecule has 0 saturated carbocycles. The van der Waals surface area contributed by atoms with E-state index in [2.05, 4.69) is 5.32 Å². The monoisotopic (exact) mass is 325 g/mol. The van der Waals surface area contributed by atoms with E-state index in [0.29, 0.717) is 16.8 Å². The first kappa shape index (κ1) is 15.4. The van der Waals surface area contributed by atoms with Gasteiger partial charge in [0.25, 0.3) is 0 Å². The van der Waals surface area contributed by atoms with E-state index < -0.39 is 0 Å². The average Bonchev–Trinajstić information content (AvgIpc) is 2.97. The number of ketones is 1. The minimum Gasteiger partial charge on any atom is -0.453 e. The number of nitrogens with one attached hydrogen (secondary N) is 1. The van der Waals surface area contributed by atoms with Gasteiger partial charge in [-0.25, -0.2) is 0 Å². The molecule has 23 heavy (non-hydrogen) atoms. The molecule has 0 aliphatic rings.